The zero-order valence-electron chi connectivity index (χ0n) is 14.1. The van der Waals surface area contributed by atoms with Crippen LogP contribution in [0.2, 0.25) is 0 Å². The Morgan fingerprint density at radius 2 is 1.92 bits per heavy atom. The number of nitrogens with zero attached hydrogens (tertiary/aromatic N) is 3. The molecule has 0 radical (unpaired) electrons. The molecule has 1 aromatic carbocycles. The molecule has 0 N–H and O–H groups in total. The predicted molar refractivity (Wildman–Crippen MR) is 94.7 cm³/mol. The van der Waals surface area contributed by atoms with Crippen molar-refractivity contribution in [1.29, 1.82) is 0 Å². The van der Waals surface area contributed by atoms with E-state index >= 15 is 0 Å². The van der Waals surface area contributed by atoms with E-state index < -0.39 is 9.84 Å². The zero-order chi connectivity index (χ0) is 18.0. The third-order valence-electron chi connectivity index (χ3n) is 4.49. The molecule has 8 heteroatoms. The minimum atomic E-state index is -2.99. The molecule has 136 valence electrons. The van der Waals surface area contributed by atoms with Crippen molar-refractivity contribution in [2.45, 2.75) is 25.6 Å². The van der Waals surface area contributed by atoms with Crippen LogP contribution in [0.3, 0.4) is 0 Å². The summed E-state index contributed by atoms with van der Waals surface area (Å²) in [5.74, 6) is 2.05. The lowest BCUT2D eigenvalue weighted by atomic mass is 10.2. The van der Waals surface area contributed by atoms with Crippen molar-refractivity contribution in [3.05, 3.63) is 60.4 Å². The number of hydrogen-bond acceptors (Lipinski definition) is 7. The molecular weight excluding hydrogens is 354 g/mol. The van der Waals surface area contributed by atoms with E-state index in [1.165, 1.54) is 0 Å². The van der Waals surface area contributed by atoms with E-state index in [0.29, 0.717) is 31.3 Å². The SMILES string of the molecule is O=S1(=O)CC[C@H](N(Cc2ccco2)Cc2nnc(-c3ccccc3)o2)C1. The first-order valence-electron chi connectivity index (χ1n) is 8.44. The van der Waals surface area contributed by atoms with Gasteiger partial charge < -0.3 is 8.83 Å². The average molecular weight is 373 g/mol. The molecule has 3 aromatic rings. The Labute approximate surface area is 151 Å². The lowest BCUT2D eigenvalue weighted by Crippen LogP contribution is -2.35. The molecule has 0 spiro atoms. The minimum Gasteiger partial charge on any atom is -0.468 e. The Hall–Kier alpha value is -2.45. The van der Waals surface area contributed by atoms with Crippen molar-refractivity contribution >= 4 is 9.84 Å². The van der Waals surface area contributed by atoms with Crippen LogP contribution in [0.5, 0.6) is 0 Å². The number of furan rings is 1. The third kappa shape index (κ3) is 3.86. The van der Waals surface area contributed by atoms with Gasteiger partial charge in [0.05, 0.1) is 30.9 Å². The summed E-state index contributed by atoms with van der Waals surface area (Å²) in [7, 11) is -2.99. The van der Waals surface area contributed by atoms with Gasteiger partial charge in [-0.25, -0.2) is 8.42 Å². The Balaban J connectivity index is 1.54. The summed E-state index contributed by atoms with van der Waals surface area (Å²) in [6.07, 6.45) is 2.21. The largest absolute Gasteiger partial charge is 0.468 e. The van der Waals surface area contributed by atoms with E-state index in [9.17, 15) is 8.42 Å². The van der Waals surface area contributed by atoms with E-state index in [2.05, 4.69) is 10.2 Å². The van der Waals surface area contributed by atoms with Gasteiger partial charge in [0.25, 0.3) is 0 Å². The van der Waals surface area contributed by atoms with Crippen LogP contribution in [0, 0.1) is 0 Å². The molecule has 0 bridgehead atoms. The monoisotopic (exact) mass is 373 g/mol. The first-order valence-corrected chi connectivity index (χ1v) is 10.3. The third-order valence-corrected chi connectivity index (χ3v) is 6.24. The van der Waals surface area contributed by atoms with Crippen LogP contribution in [0.1, 0.15) is 18.1 Å². The van der Waals surface area contributed by atoms with Crippen LogP contribution < -0.4 is 0 Å². The van der Waals surface area contributed by atoms with Gasteiger partial charge in [-0.15, -0.1) is 10.2 Å². The normalized spacial score (nSPS) is 19.2. The number of rotatable bonds is 6. The Morgan fingerprint density at radius 3 is 2.62 bits per heavy atom. The Morgan fingerprint density at radius 1 is 1.08 bits per heavy atom. The predicted octanol–water partition coefficient (Wildman–Crippen LogP) is 2.52. The molecule has 26 heavy (non-hydrogen) atoms. The van der Waals surface area contributed by atoms with E-state index in [1.807, 2.05) is 47.4 Å². The second kappa shape index (κ2) is 7.05. The quantitative estimate of drug-likeness (QED) is 0.656. The lowest BCUT2D eigenvalue weighted by molar-refractivity contribution is 0.163. The summed E-state index contributed by atoms with van der Waals surface area (Å²) in [5, 5.41) is 8.24. The van der Waals surface area contributed by atoms with Gasteiger partial charge in [-0.1, -0.05) is 18.2 Å². The van der Waals surface area contributed by atoms with Crippen LogP contribution in [0.15, 0.2) is 57.6 Å². The number of aromatic nitrogens is 2. The van der Waals surface area contributed by atoms with Gasteiger partial charge in [-0.3, -0.25) is 4.90 Å². The number of hydrogen-bond donors (Lipinski definition) is 0. The van der Waals surface area contributed by atoms with E-state index in [0.717, 1.165) is 11.3 Å². The standard InChI is InChI=1S/C18H19N3O4S/c22-26(23)10-8-15(13-26)21(11-16-7-4-9-24-16)12-17-19-20-18(25-17)14-5-2-1-3-6-14/h1-7,9,15H,8,10-13H2/t15-/m0/s1. The van der Waals surface area contributed by atoms with Crippen molar-refractivity contribution < 1.29 is 17.3 Å². The highest BCUT2D eigenvalue weighted by Gasteiger charge is 2.33. The van der Waals surface area contributed by atoms with Gasteiger partial charge in [0.2, 0.25) is 11.8 Å². The molecule has 1 atom stereocenters. The fraction of sp³-hybridized carbons (Fsp3) is 0.333. The van der Waals surface area contributed by atoms with Crippen molar-refractivity contribution in [2.75, 3.05) is 11.5 Å². The van der Waals surface area contributed by atoms with Gasteiger partial charge >= 0.3 is 0 Å². The average Bonchev–Trinajstić information content (AvgIpc) is 3.36. The maximum Gasteiger partial charge on any atom is 0.247 e. The van der Waals surface area contributed by atoms with Gasteiger partial charge in [0, 0.05) is 11.6 Å². The van der Waals surface area contributed by atoms with E-state index in [-0.39, 0.29) is 17.5 Å². The molecule has 1 fully saturated rings. The van der Waals surface area contributed by atoms with Crippen molar-refractivity contribution in [3.8, 4) is 11.5 Å². The fourth-order valence-corrected chi connectivity index (χ4v) is 4.93. The smallest absolute Gasteiger partial charge is 0.247 e. The van der Waals surface area contributed by atoms with Gasteiger partial charge in [-0.2, -0.15) is 0 Å². The maximum atomic E-state index is 11.9. The maximum absolute atomic E-state index is 11.9. The van der Waals surface area contributed by atoms with E-state index in [4.69, 9.17) is 8.83 Å². The van der Waals surface area contributed by atoms with Crippen LogP contribution in [-0.4, -0.2) is 41.1 Å². The zero-order valence-corrected chi connectivity index (χ0v) is 14.9. The molecule has 2 aromatic heterocycles. The summed E-state index contributed by atoms with van der Waals surface area (Å²) in [5.41, 5.74) is 0.854. The van der Waals surface area contributed by atoms with Gasteiger partial charge in [-0.05, 0) is 30.7 Å². The molecule has 0 unspecified atom stereocenters. The highest BCUT2D eigenvalue weighted by atomic mass is 32.2. The van der Waals surface area contributed by atoms with Crippen molar-refractivity contribution in [2.24, 2.45) is 0 Å². The summed E-state index contributed by atoms with van der Waals surface area (Å²) in [4.78, 5) is 2.03. The molecule has 1 saturated heterocycles. The van der Waals surface area contributed by atoms with Crippen LogP contribution in [0.25, 0.3) is 11.5 Å². The molecular formula is C18H19N3O4S. The molecule has 3 heterocycles. The topological polar surface area (TPSA) is 89.4 Å². The van der Waals surface area contributed by atoms with Gasteiger partial charge in [0.15, 0.2) is 9.84 Å². The highest BCUT2D eigenvalue weighted by molar-refractivity contribution is 7.91. The molecule has 4 rings (SSSR count). The molecule has 1 aliphatic rings. The first-order chi connectivity index (χ1) is 12.6. The Bertz CT molecular complexity index is 952. The van der Waals surface area contributed by atoms with Crippen LogP contribution in [-0.2, 0) is 22.9 Å². The van der Waals surface area contributed by atoms with E-state index in [1.54, 1.807) is 6.26 Å². The molecule has 7 nitrogen and oxygen atoms in total. The molecule has 0 saturated carbocycles. The Kier molecular flexibility index (Phi) is 4.60. The highest BCUT2D eigenvalue weighted by Crippen LogP contribution is 2.23. The molecule has 1 aliphatic heterocycles. The minimum absolute atomic E-state index is 0.0859. The van der Waals surface area contributed by atoms with Gasteiger partial charge in [0.1, 0.15) is 5.76 Å². The van der Waals surface area contributed by atoms with Crippen molar-refractivity contribution in [1.82, 2.24) is 15.1 Å². The number of sulfone groups is 1. The molecule has 0 aliphatic carbocycles. The number of benzene rings is 1. The fourth-order valence-electron chi connectivity index (χ4n) is 3.17. The first kappa shape index (κ1) is 17.0. The van der Waals surface area contributed by atoms with Crippen molar-refractivity contribution in [3.63, 3.8) is 0 Å². The summed E-state index contributed by atoms with van der Waals surface area (Å²) in [6, 6.07) is 13.2. The molecule has 0 amide bonds. The lowest BCUT2D eigenvalue weighted by Gasteiger charge is -2.25. The summed E-state index contributed by atoms with van der Waals surface area (Å²) >= 11 is 0. The van der Waals surface area contributed by atoms with Crippen LogP contribution >= 0.6 is 0 Å². The summed E-state index contributed by atoms with van der Waals surface area (Å²) < 4.78 is 35.0. The summed E-state index contributed by atoms with van der Waals surface area (Å²) in [6.45, 7) is 0.872. The van der Waals surface area contributed by atoms with Crippen LogP contribution in [0.4, 0.5) is 0 Å². The second-order valence-electron chi connectivity index (χ2n) is 6.41. The second-order valence-corrected chi connectivity index (χ2v) is 8.64.